The second kappa shape index (κ2) is 6.66. The van der Waals surface area contributed by atoms with Gasteiger partial charge in [0.2, 0.25) is 6.79 Å². The van der Waals surface area contributed by atoms with Gasteiger partial charge in [0.25, 0.3) is 5.69 Å². The SMILES string of the molecule is COC(=O)C1=C(C)NC2=C(C(=O)CCC2)[C@@H]1c1cc2c(cc1[N+](=O)[O-])OCO2. The summed E-state index contributed by atoms with van der Waals surface area (Å²) in [5.41, 5.74) is 1.72. The topological polar surface area (TPSA) is 117 Å². The van der Waals surface area contributed by atoms with E-state index in [1.165, 1.54) is 19.2 Å². The molecule has 3 aliphatic rings. The van der Waals surface area contributed by atoms with Crippen molar-refractivity contribution in [3.8, 4) is 11.5 Å². The van der Waals surface area contributed by atoms with Crippen LogP contribution in [0.5, 0.6) is 11.5 Å². The smallest absolute Gasteiger partial charge is 0.336 e. The standard InChI is InChI=1S/C19H18N2O7/c1-9-16(19(23)26-2)17(18-11(20-9)4-3-5-13(18)22)10-6-14-15(28-8-27-14)7-12(10)21(24)25/h6-7,17,20H,3-5,8H2,1-2H3/t17-/m1/s1. The lowest BCUT2D eigenvalue weighted by atomic mass is 9.74. The van der Waals surface area contributed by atoms with Gasteiger partial charge in [-0.05, 0) is 25.8 Å². The van der Waals surface area contributed by atoms with Crippen molar-refractivity contribution in [1.29, 1.82) is 0 Å². The number of nitrogens with one attached hydrogen (secondary N) is 1. The lowest BCUT2D eigenvalue weighted by Crippen LogP contribution is -2.34. The molecule has 0 amide bonds. The predicted octanol–water partition coefficient (Wildman–Crippen LogP) is 2.46. The van der Waals surface area contributed by atoms with Gasteiger partial charge in [-0.2, -0.15) is 0 Å². The number of nitrogens with zero attached hydrogens (tertiary/aromatic N) is 1. The zero-order valence-corrected chi connectivity index (χ0v) is 15.4. The molecule has 1 N–H and O–H groups in total. The van der Waals surface area contributed by atoms with Gasteiger partial charge in [0.1, 0.15) is 0 Å². The molecule has 0 radical (unpaired) electrons. The van der Waals surface area contributed by atoms with E-state index in [-0.39, 0.29) is 35.1 Å². The van der Waals surface area contributed by atoms with E-state index >= 15 is 0 Å². The molecular weight excluding hydrogens is 368 g/mol. The van der Waals surface area contributed by atoms with Gasteiger partial charge in [-0.15, -0.1) is 0 Å². The molecule has 4 rings (SSSR count). The van der Waals surface area contributed by atoms with Gasteiger partial charge in [-0.25, -0.2) is 4.79 Å². The minimum Gasteiger partial charge on any atom is -0.466 e. The number of dihydropyridines is 1. The van der Waals surface area contributed by atoms with Crippen LogP contribution in [0.1, 0.15) is 37.7 Å². The monoisotopic (exact) mass is 386 g/mol. The third kappa shape index (κ3) is 2.70. The Bertz CT molecular complexity index is 977. The zero-order valence-electron chi connectivity index (χ0n) is 15.4. The number of fused-ring (bicyclic) bond motifs is 1. The quantitative estimate of drug-likeness (QED) is 0.478. The summed E-state index contributed by atoms with van der Waals surface area (Å²) in [4.78, 5) is 36.6. The predicted molar refractivity (Wildman–Crippen MR) is 95.7 cm³/mol. The number of nitro groups is 1. The van der Waals surface area contributed by atoms with Gasteiger partial charge in [0.15, 0.2) is 17.3 Å². The molecule has 28 heavy (non-hydrogen) atoms. The summed E-state index contributed by atoms with van der Waals surface area (Å²) in [7, 11) is 1.24. The van der Waals surface area contributed by atoms with E-state index < -0.39 is 16.8 Å². The molecule has 1 aromatic rings. The number of methoxy groups -OCH3 is 1. The van der Waals surface area contributed by atoms with E-state index in [1.807, 2.05) is 0 Å². The summed E-state index contributed by atoms with van der Waals surface area (Å²) in [6, 6.07) is 2.76. The number of allylic oxidation sites excluding steroid dienone is 3. The largest absolute Gasteiger partial charge is 0.466 e. The Labute approximate surface area is 160 Å². The van der Waals surface area contributed by atoms with Crippen molar-refractivity contribution < 1.29 is 28.7 Å². The summed E-state index contributed by atoms with van der Waals surface area (Å²) in [5, 5.41) is 14.9. The minimum absolute atomic E-state index is 0.0479. The lowest BCUT2D eigenvalue weighted by molar-refractivity contribution is -0.385. The number of benzene rings is 1. The van der Waals surface area contributed by atoms with E-state index in [9.17, 15) is 19.7 Å². The second-order valence-electron chi connectivity index (χ2n) is 6.78. The van der Waals surface area contributed by atoms with Crippen LogP contribution in [0, 0.1) is 10.1 Å². The molecule has 9 heteroatoms. The summed E-state index contributed by atoms with van der Waals surface area (Å²) in [5.74, 6) is -1.10. The second-order valence-corrected chi connectivity index (χ2v) is 6.78. The van der Waals surface area contributed by atoms with Crippen LogP contribution >= 0.6 is 0 Å². The van der Waals surface area contributed by atoms with Gasteiger partial charge in [0.05, 0.1) is 29.6 Å². The van der Waals surface area contributed by atoms with Gasteiger partial charge < -0.3 is 19.5 Å². The molecule has 2 heterocycles. The van der Waals surface area contributed by atoms with Gasteiger partial charge in [-0.3, -0.25) is 14.9 Å². The van der Waals surface area contributed by atoms with Crippen molar-refractivity contribution in [2.75, 3.05) is 13.9 Å². The number of rotatable bonds is 3. The highest BCUT2D eigenvalue weighted by Crippen LogP contribution is 2.48. The number of ketones is 1. The average Bonchev–Trinajstić information content (AvgIpc) is 3.13. The molecule has 1 atom stereocenters. The first-order valence-corrected chi connectivity index (χ1v) is 8.82. The Morgan fingerprint density at radius 3 is 2.68 bits per heavy atom. The number of Topliss-reactive ketones (excluding diaryl/α,β-unsaturated/α-hetero) is 1. The summed E-state index contributed by atoms with van der Waals surface area (Å²) in [6.45, 7) is 1.65. The van der Waals surface area contributed by atoms with E-state index in [0.29, 0.717) is 42.0 Å². The van der Waals surface area contributed by atoms with Crippen LogP contribution in [0.4, 0.5) is 5.69 Å². The highest BCUT2D eigenvalue weighted by atomic mass is 16.7. The highest BCUT2D eigenvalue weighted by molar-refractivity contribution is 6.04. The fourth-order valence-corrected chi connectivity index (χ4v) is 4.01. The fourth-order valence-electron chi connectivity index (χ4n) is 4.01. The molecular formula is C19H18N2O7. The van der Waals surface area contributed by atoms with E-state index in [2.05, 4.69) is 5.32 Å². The van der Waals surface area contributed by atoms with E-state index in [0.717, 1.165) is 0 Å². The van der Waals surface area contributed by atoms with Crippen molar-refractivity contribution >= 4 is 17.4 Å². The number of esters is 1. The Morgan fingerprint density at radius 1 is 1.29 bits per heavy atom. The average molecular weight is 386 g/mol. The van der Waals surface area contributed by atoms with Crippen molar-refractivity contribution in [3.05, 3.63) is 50.4 Å². The lowest BCUT2D eigenvalue weighted by Gasteiger charge is -2.33. The van der Waals surface area contributed by atoms with Crippen LogP contribution in [0.15, 0.2) is 34.7 Å². The maximum atomic E-state index is 12.8. The maximum Gasteiger partial charge on any atom is 0.336 e. The first-order chi connectivity index (χ1) is 13.4. The van der Waals surface area contributed by atoms with Crippen LogP contribution < -0.4 is 14.8 Å². The Morgan fingerprint density at radius 2 is 2.00 bits per heavy atom. The van der Waals surface area contributed by atoms with Crippen LogP contribution in [0.25, 0.3) is 0 Å². The number of hydrogen-bond acceptors (Lipinski definition) is 8. The zero-order chi connectivity index (χ0) is 20.0. The first-order valence-electron chi connectivity index (χ1n) is 8.82. The van der Waals surface area contributed by atoms with Crippen molar-refractivity contribution in [3.63, 3.8) is 0 Å². The third-order valence-electron chi connectivity index (χ3n) is 5.21. The number of hydrogen-bond donors (Lipinski definition) is 1. The molecule has 0 aromatic heterocycles. The molecule has 9 nitrogen and oxygen atoms in total. The molecule has 1 aromatic carbocycles. The molecule has 146 valence electrons. The van der Waals surface area contributed by atoms with Gasteiger partial charge in [-0.1, -0.05) is 0 Å². The number of carbonyl (C=O) groups excluding carboxylic acids is 2. The van der Waals surface area contributed by atoms with Crippen LogP contribution in [0.3, 0.4) is 0 Å². The van der Waals surface area contributed by atoms with Gasteiger partial charge >= 0.3 is 5.97 Å². The molecule has 0 spiro atoms. The molecule has 0 unspecified atom stereocenters. The van der Waals surface area contributed by atoms with Crippen molar-refractivity contribution in [2.24, 2.45) is 0 Å². The number of carbonyl (C=O) groups is 2. The molecule has 0 fully saturated rings. The summed E-state index contributed by atoms with van der Waals surface area (Å²) < 4.78 is 15.6. The molecule has 0 saturated carbocycles. The van der Waals surface area contributed by atoms with E-state index in [1.54, 1.807) is 6.92 Å². The van der Waals surface area contributed by atoms with Crippen LogP contribution in [-0.4, -0.2) is 30.6 Å². The first kappa shape index (κ1) is 18.0. The molecule has 1 aliphatic carbocycles. The van der Waals surface area contributed by atoms with Crippen LogP contribution in [-0.2, 0) is 14.3 Å². The Hall–Kier alpha value is -3.36. The molecule has 2 aliphatic heterocycles. The Kier molecular flexibility index (Phi) is 4.29. The van der Waals surface area contributed by atoms with E-state index in [4.69, 9.17) is 14.2 Å². The number of nitro benzene ring substituents is 1. The molecule has 0 saturated heterocycles. The normalized spacial score (nSPS) is 20.6. The third-order valence-corrected chi connectivity index (χ3v) is 5.21. The van der Waals surface area contributed by atoms with Crippen molar-refractivity contribution in [2.45, 2.75) is 32.1 Å². The van der Waals surface area contributed by atoms with Gasteiger partial charge in [0, 0.05) is 29.0 Å². The molecule has 0 bridgehead atoms. The fraction of sp³-hybridized carbons (Fsp3) is 0.368. The Balaban J connectivity index is 1.99. The van der Waals surface area contributed by atoms with Crippen molar-refractivity contribution in [1.82, 2.24) is 5.32 Å². The number of ether oxygens (including phenoxy) is 3. The summed E-state index contributed by atoms with van der Waals surface area (Å²) >= 11 is 0. The van der Waals surface area contributed by atoms with Crippen LogP contribution in [0.2, 0.25) is 0 Å². The minimum atomic E-state index is -0.911. The highest BCUT2D eigenvalue weighted by Gasteiger charge is 2.42. The summed E-state index contributed by atoms with van der Waals surface area (Å²) in [6.07, 6.45) is 1.63. The maximum absolute atomic E-state index is 12.8.